The summed E-state index contributed by atoms with van der Waals surface area (Å²) in [4.78, 5) is 27.9. The fraction of sp³-hybridized carbons (Fsp3) is 0.576. The Bertz CT molecular complexity index is 950. The maximum absolute atomic E-state index is 12.6. The first kappa shape index (κ1) is 33.5. The molecule has 0 bridgehead atoms. The summed E-state index contributed by atoms with van der Waals surface area (Å²) in [5.41, 5.74) is 6.08. The van der Waals surface area contributed by atoms with Gasteiger partial charge >= 0.3 is 6.03 Å². The molecule has 0 saturated carbocycles. The lowest BCUT2D eigenvalue weighted by atomic mass is 10.0. The van der Waals surface area contributed by atoms with Gasteiger partial charge in [0, 0.05) is 21.9 Å². The van der Waals surface area contributed by atoms with Crippen LogP contribution in [0.15, 0.2) is 58.3 Å². The van der Waals surface area contributed by atoms with Gasteiger partial charge in [0.2, 0.25) is 0 Å². The number of rotatable bonds is 22. The molecule has 0 aliphatic rings. The Hall–Kier alpha value is -2.67. The van der Waals surface area contributed by atoms with Crippen LogP contribution in [0.4, 0.5) is 4.79 Å². The summed E-state index contributed by atoms with van der Waals surface area (Å²) in [6.07, 6.45) is 20.9. The summed E-state index contributed by atoms with van der Waals surface area (Å²) in [6, 6.07) is 13.8. The molecular formula is C33H51N3O3S. The number of phenolic OH excluding ortho intramolecular Hbond substituents is 1. The highest BCUT2D eigenvalue weighted by Gasteiger charge is 2.12. The Kier molecular flexibility index (Phi) is 17.7. The third-order valence-corrected chi connectivity index (χ3v) is 8.23. The van der Waals surface area contributed by atoms with Gasteiger partial charge in [-0.3, -0.25) is 4.79 Å². The first-order valence-electron chi connectivity index (χ1n) is 15.4. The van der Waals surface area contributed by atoms with Crippen molar-refractivity contribution in [1.29, 1.82) is 0 Å². The lowest BCUT2D eigenvalue weighted by molar-refractivity contribution is 0.0932. The quantitative estimate of drug-likeness (QED) is 0.0974. The zero-order valence-electron chi connectivity index (χ0n) is 24.5. The highest BCUT2D eigenvalue weighted by Crippen LogP contribution is 2.28. The van der Waals surface area contributed by atoms with Crippen LogP contribution in [0.25, 0.3) is 0 Å². The molecular weight excluding hydrogens is 518 g/mol. The number of carbonyl (C=O) groups excluding carboxylic acids is 2. The second kappa shape index (κ2) is 21.1. The molecule has 222 valence electrons. The Morgan fingerprint density at radius 1 is 0.700 bits per heavy atom. The molecule has 0 aliphatic heterocycles. The lowest BCUT2D eigenvalue weighted by Crippen LogP contribution is -2.44. The molecule has 0 saturated heterocycles. The number of carbonyl (C=O) groups is 2. The van der Waals surface area contributed by atoms with E-state index in [2.05, 4.69) is 12.2 Å². The third-order valence-electron chi connectivity index (χ3n) is 7.21. The number of amides is 3. The summed E-state index contributed by atoms with van der Waals surface area (Å²) in [5.74, 6) is -0.00408. The predicted octanol–water partition coefficient (Wildman–Crippen LogP) is 8.87. The van der Waals surface area contributed by atoms with E-state index in [1.165, 1.54) is 94.8 Å². The van der Waals surface area contributed by atoms with Crippen molar-refractivity contribution < 1.29 is 14.7 Å². The summed E-state index contributed by atoms with van der Waals surface area (Å²) in [7, 11) is 0. The number of nitrogens with one attached hydrogen (secondary N) is 1. The van der Waals surface area contributed by atoms with Crippen molar-refractivity contribution in [2.75, 3.05) is 13.2 Å². The molecule has 0 aromatic heterocycles. The minimum atomic E-state index is -0.512. The maximum atomic E-state index is 12.6. The number of hydrogen-bond acceptors (Lipinski definition) is 4. The van der Waals surface area contributed by atoms with Crippen molar-refractivity contribution >= 4 is 23.7 Å². The number of hydrogen-bond donors (Lipinski definition) is 3. The SMILES string of the molecule is CCCCCCCCCCCCCCCCCCN(CNC(=O)c1ccc(Sc2ccc(O)cc2)cc1)C(N)=O. The summed E-state index contributed by atoms with van der Waals surface area (Å²) in [5, 5.41) is 12.2. The molecule has 3 amide bonds. The van der Waals surface area contributed by atoms with Crippen LogP contribution in [0.5, 0.6) is 5.75 Å². The molecule has 0 spiro atoms. The molecule has 2 aromatic rings. The molecule has 0 radical (unpaired) electrons. The van der Waals surface area contributed by atoms with Crippen LogP contribution in [-0.2, 0) is 0 Å². The summed E-state index contributed by atoms with van der Waals surface area (Å²) >= 11 is 1.55. The van der Waals surface area contributed by atoms with E-state index in [1.54, 1.807) is 36.0 Å². The Labute approximate surface area is 246 Å². The molecule has 0 aliphatic carbocycles. The van der Waals surface area contributed by atoms with E-state index in [0.717, 1.165) is 22.6 Å². The molecule has 0 fully saturated rings. The van der Waals surface area contributed by atoms with E-state index < -0.39 is 6.03 Å². The van der Waals surface area contributed by atoms with Crippen LogP contribution in [-0.4, -0.2) is 35.2 Å². The number of benzene rings is 2. The van der Waals surface area contributed by atoms with Crippen LogP contribution in [0.1, 0.15) is 120 Å². The monoisotopic (exact) mass is 569 g/mol. The largest absolute Gasteiger partial charge is 0.508 e. The molecule has 2 rings (SSSR count). The Morgan fingerprint density at radius 2 is 1.12 bits per heavy atom. The van der Waals surface area contributed by atoms with E-state index in [0.29, 0.717) is 12.1 Å². The molecule has 40 heavy (non-hydrogen) atoms. The van der Waals surface area contributed by atoms with Crippen molar-refractivity contribution in [1.82, 2.24) is 10.2 Å². The van der Waals surface area contributed by atoms with Crippen LogP contribution >= 0.6 is 11.8 Å². The van der Waals surface area contributed by atoms with Crippen molar-refractivity contribution in [3.63, 3.8) is 0 Å². The Morgan fingerprint density at radius 3 is 1.57 bits per heavy atom. The van der Waals surface area contributed by atoms with Crippen molar-refractivity contribution in [2.24, 2.45) is 5.73 Å². The minimum Gasteiger partial charge on any atom is -0.508 e. The first-order chi connectivity index (χ1) is 19.5. The number of nitrogens with two attached hydrogens (primary N) is 1. The highest BCUT2D eigenvalue weighted by atomic mass is 32.2. The lowest BCUT2D eigenvalue weighted by Gasteiger charge is -2.21. The fourth-order valence-corrected chi connectivity index (χ4v) is 5.53. The van der Waals surface area contributed by atoms with Gasteiger partial charge in [-0.2, -0.15) is 0 Å². The summed E-state index contributed by atoms with van der Waals surface area (Å²) < 4.78 is 0. The smallest absolute Gasteiger partial charge is 0.316 e. The first-order valence-corrected chi connectivity index (χ1v) is 16.2. The minimum absolute atomic E-state index is 0.108. The third kappa shape index (κ3) is 15.2. The van der Waals surface area contributed by atoms with Gasteiger partial charge in [0.25, 0.3) is 5.91 Å². The zero-order chi connectivity index (χ0) is 28.8. The topological polar surface area (TPSA) is 95.7 Å². The van der Waals surface area contributed by atoms with E-state index in [1.807, 2.05) is 24.3 Å². The normalized spacial score (nSPS) is 10.9. The van der Waals surface area contributed by atoms with Gasteiger partial charge < -0.3 is 21.1 Å². The van der Waals surface area contributed by atoms with E-state index in [4.69, 9.17) is 5.73 Å². The second-order valence-corrected chi connectivity index (χ2v) is 11.8. The molecule has 7 heteroatoms. The van der Waals surface area contributed by atoms with E-state index in [-0.39, 0.29) is 18.3 Å². The van der Waals surface area contributed by atoms with E-state index in [9.17, 15) is 14.7 Å². The number of aromatic hydroxyl groups is 1. The van der Waals surface area contributed by atoms with Crippen molar-refractivity contribution in [2.45, 2.75) is 119 Å². The van der Waals surface area contributed by atoms with Crippen LogP contribution in [0, 0.1) is 0 Å². The molecule has 0 heterocycles. The van der Waals surface area contributed by atoms with Gasteiger partial charge in [0.05, 0.1) is 6.67 Å². The van der Waals surface area contributed by atoms with Crippen molar-refractivity contribution in [3.05, 3.63) is 54.1 Å². The predicted molar refractivity (Wildman–Crippen MR) is 167 cm³/mol. The second-order valence-electron chi connectivity index (χ2n) is 10.7. The van der Waals surface area contributed by atoms with Gasteiger partial charge in [-0.05, 0) is 55.0 Å². The summed E-state index contributed by atoms with van der Waals surface area (Å²) in [6.45, 7) is 2.93. The standard InChI is InChI=1S/C33H51N3O3S/c1-2-3-4-5-6-7-8-9-10-11-12-13-14-15-16-17-26-36(33(34)39)27-35-32(38)28-18-22-30(23-19-28)40-31-24-20-29(37)21-25-31/h18-25,37H,2-17,26-27H2,1H3,(H2,34,39)(H,35,38). The zero-order valence-corrected chi connectivity index (χ0v) is 25.4. The van der Waals surface area contributed by atoms with Gasteiger partial charge in [-0.1, -0.05) is 115 Å². The molecule has 4 N–H and O–H groups in total. The van der Waals surface area contributed by atoms with Gasteiger partial charge in [-0.25, -0.2) is 4.79 Å². The highest BCUT2D eigenvalue weighted by molar-refractivity contribution is 7.99. The molecule has 0 atom stereocenters. The van der Waals surface area contributed by atoms with Gasteiger partial charge in [0.15, 0.2) is 0 Å². The number of phenols is 1. The van der Waals surface area contributed by atoms with Crippen LogP contribution in [0.3, 0.4) is 0 Å². The number of unbranched alkanes of at least 4 members (excludes halogenated alkanes) is 15. The average molecular weight is 570 g/mol. The average Bonchev–Trinajstić information content (AvgIpc) is 2.95. The number of nitrogens with zero attached hydrogens (tertiary/aromatic N) is 1. The Balaban J connectivity index is 1.51. The van der Waals surface area contributed by atoms with Gasteiger partial charge in [-0.15, -0.1) is 0 Å². The maximum Gasteiger partial charge on any atom is 0.316 e. The van der Waals surface area contributed by atoms with Crippen molar-refractivity contribution in [3.8, 4) is 5.75 Å². The fourth-order valence-electron chi connectivity index (χ4n) is 4.71. The van der Waals surface area contributed by atoms with Crippen LogP contribution < -0.4 is 11.1 Å². The molecule has 0 unspecified atom stereocenters. The molecule has 2 aromatic carbocycles. The number of urea groups is 1. The van der Waals surface area contributed by atoms with Gasteiger partial charge in [0.1, 0.15) is 5.75 Å². The number of primary amides is 1. The molecule has 6 nitrogen and oxygen atoms in total. The van der Waals surface area contributed by atoms with E-state index >= 15 is 0 Å². The van der Waals surface area contributed by atoms with Crippen LogP contribution in [0.2, 0.25) is 0 Å².